The molecule has 1 heterocycles. The molecule has 0 atom stereocenters. The van der Waals surface area contributed by atoms with E-state index in [0.717, 1.165) is 0 Å². The molecule has 0 saturated carbocycles. The van der Waals surface area contributed by atoms with Crippen molar-refractivity contribution in [1.82, 2.24) is 20.5 Å². The van der Waals surface area contributed by atoms with Crippen molar-refractivity contribution in [3.8, 4) is 22.9 Å². The Hall–Kier alpha value is -2.57. The van der Waals surface area contributed by atoms with E-state index >= 15 is 0 Å². The van der Waals surface area contributed by atoms with E-state index in [1.807, 2.05) is 27.7 Å². The molecule has 1 aromatic heterocycles. The molecular weight excluding hydrogens is 284 g/mol. The predicted octanol–water partition coefficient (Wildman–Crippen LogP) is 2.14. The maximum atomic E-state index is 11.9. The minimum absolute atomic E-state index is 0.0179. The molecule has 0 unspecified atom stereocenters. The van der Waals surface area contributed by atoms with Gasteiger partial charge in [0, 0.05) is 12.1 Å². The Morgan fingerprint density at radius 1 is 1.18 bits per heavy atom. The summed E-state index contributed by atoms with van der Waals surface area (Å²) < 4.78 is 0. The number of aromatic nitrogens is 3. The molecule has 0 spiro atoms. The first-order valence-corrected chi connectivity index (χ1v) is 7.09. The van der Waals surface area contributed by atoms with Gasteiger partial charge in [-0.3, -0.25) is 9.89 Å². The maximum absolute atomic E-state index is 11.9. The minimum atomic E-state index is -0.365. The fourth-order valence-electron chi connectivity index (χ4n) is 2.05. The van der Waals surface area contributed by atoms with E-state index in [1.165, 1.54) is 6.07 Å². The van der Waals surface area contributed by atoms with Crippen molar-refractivity contribution in [2.24, 2.45) is 0 Å². The average molecular weight is 304 g/mol. The number of rotatable bonds is 4. The topological polar surface area (TPSA) is 111 Å². The Morgan fingerprint density at radius 2 is 1.86 bits per heavy atom. The predicted molar refractivity (Wildman–Crippen MR) is 81.8 cm³/mol. The molecule has 0 radical (unpaired) electrons. The molecule has 1 amide bonds. The number of hydrogen-bond donors (Lipinski definition) is 4. The second-order valence-corrected chi connectivity index (χ2v) is 5.72. The van der Waals surface area contributed by atoms with Crippen LogP contribution in [0.4, 0.5) is 0 Å². The highest BCUT2D eigenvalue weighted by Gasteiger charge is 2.18. The van der Waals surface area contributed by atoms with Crippen LogP contribution in [-0.2, 0) is 0 Å². The standard InChI is InChI=1S/C15H20N4O3/c1-7(2)9-5-10(12(21)6-11(9)20)13-17-14(19-18-13)15(22)16-8(3)4/h5-8,20-21H,1-4H3,(H,16,22)(H,17,18,19). The number of aromatic amines is 1. The third-order valence-corrected chi connectivity index (χ3v) is 3.13. The highest BCUT2D eigenvalue weighted by molar-refractivity contribution is 5.91. The zero-order valence-electron chi connectivity index (χ0n) is 13.0. The molecule has 0 saturated heterocycles. The maximum Gasteiger partial charge on any atom is 0.288 e. The van der Waals surface area contributed by atoms with Gasteiger partial charge in [0.1, 0.15) is 11.5 Å². The number of aromatic hydroxyl groups is 2. The number of nitrogens with zero attached hydrogens (tertiary/aromatic N) is 2. The Balaban J connectivity index is 2.39. The lowest BCUT2D eigenvalue weighted by Gasteiger charge is -2.10. The monoisotopic (exact) mass is 304 g/mol. The highest BCUT2D eigenvalue weighted by atomic mass is 16.3. The summed E-state index contributed by atoms with van der Waals surface area (Å²) >= 11 is 0. The molecule has 4 N–H and O–H groups in total. The number of carbonyl (C=O) groups excluding carboxylic acids is 1. The van der Waals surface area contributed by atoms with E-state index in [1.54, 1.807) is 6.07 Å². The van der Waals surface area contributed by atoms with E-state index in [9.17, 15) is 15.0 Å². The molecule has 22 heavy (non-hydrogen) atoms. The Morgan fingerprint density at radius 3 is 2.45 bits per heavy atom. The molecule has 0 bridgehead atoms. The number of carbonyl (C=O) groups is 1. The molecule has 0 fully saturated rings. The zero-order chi connectivity index (χ0) is 16.4. The van der Waals surface area contributed by atoms with Crippen LogP contribution in [0.2, 0.25) is 0 Å². The number of benzene rings is 1. The number of phenolic OH excluding ortho intramolecular Hbond substituents is 2. The lowest BCUT2D eigenvalue weighted by molar-refractivity contribution is 0.0933. The molecule has 2 aromatic rings. The van der Waals surface area contributed by atoms with Crippen LogP contribution in [0.1, 0.15) is 49.8 Å². The fraction of sp³-hybridized carbons (Fsp3) is 0.400. The summed E-state index contributed by atoms with van der Waals surface area (Å²) in [6, 6.07) is 2.87. The van der Waals surface area contributed by atoms with Gasteiger partial charge in [0.2, 0.25) is 5.82 Å². The summed E-state index contributed by atoms with van der Waals surface area (Å²) in [4.78, 5) is 16.0. The van der Waals surface area contributed by atoms with Crippen LogP contribution >= 0.6 is 0 Å². The quantitative estimate of drug-likeness (QED) is 0.691. The highest BCUT2D eigenvalue weighted by Crippen LogP contribution is 2.36. The second kappa shape index (κ2) is 6.05. The van der Waals surface area contributed by atoms with E-state index in [-0.39, 0.29) is 41.0 Å². The van der Waals surface area contributed by atoms with E-state index < -0.39 is 0 Å². The number of hydrogen-bond acceptors (Lipinski definition) is 5. The van der Waals surface area contributed by atoms with Crippen LogP contribution in [0.15, 0.2) is 12.1 Å². The minimum Gasteiger partial charge on any atom is -0.508 e. The van der Waals surface area contributed by atoms with Crippen molar-refractivity contribution in [1.29, 1.82) is 0 Å². The zero-order valence-corrected chi connectivity index (χ0v) is 13.0. The van der Waals surface area contributed by atoms with Gasteiger partial charge in [0.25, 0.3) is 5.91 Å². The van der Waals surface area contributed by atoms with E-state index in [0.29, 0.717) is 11.1 Å². The summed E-state index contributed by atoms with van der Waals surface area (Å²) in [5.41, 5.74) is 1.03. The SMILES string of the molecule is CC(C)NC(=O)c1nc(-c2cc(C(C)C)c(O)cc2O)n[nH]1. The lowest BCUT2D eigenvalue weighted by atomic mass is 9.98. The van der Waals surface area contributed by atoms with Crippen molar-refractivity contribution in [2.45, 2.75) is 39.7 Å². The Bertz CT molecular complexity index is 692. The second-order valence-electron chi connectivity index (χ2n) is 5.72. The normalized spacial score (nSPS) is 11.2. The fourth-order valence-corrected chi connectivity index (χ4v) is 2.05. The van der Waals surface area contributed by atoms with Crippen LogP contribution in [0, 0.1) is 0 Å². The molecule has 0 aliphatic carbocycles. The summed E-state index contributed by atoms with van der Waals surface area (Å²) in [6.07, 6.45) is 0. The molecule has 7 heteroatoms. The number of phenols is 2. The first-order valence-electron chi connectivity index (χ1n) is 7.09. The first kappa shape index (κ1) is 15.8. The Labute approximate surface area is 128 Å². The van der Waals surface area contributed by atoms with Gasteiger partial charge in [0.15, 0.2) is 5.82 Å². The number of amides is 1. The van der Waals surface area contributed by atoms with Crippen molar-refractivity contribution in [2.75, 3.05) is 0 Å². The van der Waals surface area contributed by atoms with Crippen LogP contribution < -0.4 is 5.32 Å². The third-order valence-electron chi connectivity index (χ3n) is 3.13. The molecule has 0 aliphatic rings. The number of H-pyrrole nitrogens is 1. The molecule has 1 aromatic carbocycles. The van der Waals surface area contributed by atoms with Gasteiger partial charge >= 0.3 is 0 Å². The molecular formula is C15H20N4O3. The van der Waals surface area contributed by atoms with Crippen molar-refractivity contribution < 1.29 is 15.0 Å². The van der Waals surface area contributed by atoms with E-state index in [4.69, 9.17) is 0 Å². The molecule has 118 valence electrons. The first-order chi connectivity index (χ1) is 10.3. The van der Waals surface area contributed by atoms with Crippen LogP contribution in [0.25, 0.3) is 11.4 Å². The summed E-state index contributed by atoms with van der Waals surface area (Å²) in [6.45, 7) is 7.54. The summed E-state index contributed by atoms with van der Waals surface area (Å²) in [7, 11) is 0. The van der Waals surface area contributed by atoms with Crippen LogP contribution in [0.3, 0.4) is 0 Å². The third kappa shape index (κ3) is 3.19. The van der Waals surface area contributed by atoms with Crippen LogP contribution in [0.5, 0.6) is 11.5 Å². The molecule has 2 rings (SSSR count). The summed E-state index contributed by atoms with van der Waals surface area (Å²) in [5.74, 6) is -0.144. The van der Waals surface area contributed by atoms with Crippen molar-refractivity contribution in [3.63, 3.8) is 0 Å². The van der Waals surface area contributed by atoms with Gasteiger partial charge in [-0.25, -0.2) is 4.98 Å². The van der Waals surface area contributed by atoms with Crippen molar-refractivity contribution in [3.05, 3.63) is 23.5 Å². The lowest BCUT2D eigenvalue weighted by Crippen LogP contribution is -2.30. The summed E-state index contributed by atoms with van der Waals surface area (Å²) in [5, 5.41) is 29.1. The molecule has 0 aliphatic heterocycles. The van der Waals surface area contributed by atoms with Gasteiger partial charge in [-0.15, -0.1) is 0 Å². The van der Waals surface area contributed by atoms with Crippen LogP contribution in [-0.4, -0.2) is 37.3 Å². The molecule has 7 nitrogen and oxygen atoms in total. The largest absolute Gasteiger partial charge is 0.508 e. The van der Waals surface area contributed by atoms with Gasteiger partial charge < -0.3 is 15.5 Å². The van der Waals surface area contributed by atoms with Crippen molar-refractivity contribution >= 4 is 5.91 Å². The van der Waals surface area contributed by atoms with Gasteiger partial charge in [-0.2, -0.15) is 5.10 Å². The smallest absolute Gasteiger partial charge is 0.288 e. The average Bonchev–Trinajstić information content (AvgIpc) is 2.87. The Kier molecular flexibility index (Phi) is 4.35. The van der Waals surface area contributed by atoms with Gasteiger partial charge in [0.05, 0.1) is 5.56 Å². The number of nitrogens with one attached hydrogen (secondary N) is 2. The van der Waals surface area contributed by atoms with E-state index in [2.05, 4.69) is 20.5 Å². The van der Waals surface area contributed by atoms with Gasteiger partial charge in [-0.1, -0.05) is 13.8 Å². The van der Waals surface area contributed by atoms with Gasteiger partial charge in [-0.05, 0) is 31.4 Å².